The van der Waals surface area contributed by atoms with E-state index in [9.17, 15) is 9.18 Å². The van der Waals surface area contributed by atoms with Crippen LogP contribution in [0.2, 0.25) is 0 Å². The highest BCUT2D eigenvalue weighted by molar-refractivity contribution is 5.95. The lowest BCUT2D eigenvalue weighted by Crippen LogP contribution is -2.23. The number of aromatic nitrogens is 2. The van der Waals surface area contributed by atoms with Crippen LogP contribution in [0, 0.1) is 12.7 Å². The Bertz CT molecular complexity index is 578. The number of hydrogen-bond donors (Lipinski definition) is 2. The van der Waals surface area contributed by atoms with Crippen molar-refractivity contribution in [3.63, 3.8) is 0 Å². The van der Waals surface area contributed by atoms with Gasteiger partial charge in [0.1, 0.15) is 12.1 Å². The van der Waals surface area contributed by atoms with Crippen LogP contribution in [0.1, 0.15) is 21.6 Å². The first-order valence-corrected chi connectivity index (χ1v) is 5.66. The molecule has 0 radical (unpaired) electrons. The quantitative estimate of drug-likeness (QED) is 0.818. The second-order valence-corrected chi connectivity index (χ2v) is 4.06. The fourth-order valence-corrected chi connectivity index (χ4v) is 1.53. The molecule has 0 saturated carbocycles. The molecule has 0 fully saturated rings. The molecule has 6 heteroatoms. The number of nitrogens with zero attached hydrogens (tertiary/aromatic N) is 2. The minimum atomic E-state index is -0.493. The molecule has 0 aliphatic rings. The van der Waals surface area contributed by atoms with E-state index in [-0.39, 0.29) is 17.8 Å². The summed E-state index contributed by atoms with van der Waals surface area (Å²) in [4.78, 5) is 19.6. The van der Waals surface area contributed by atoms with Gasteiger partial charge in [-0.15, -0.1) is 0 Å². The van der Waals surface area contributed by atoms with Gasteiger partial charge in [-0.1, -0.05) is 0 Å². The maximum Gasteiger partial charge on any atom is 0.251 e. The molecule has 19 heavy (non-hydrogen) atoms. The van der Waals surface area contributed by atoms with Crippen LogP contribution in [0.15, 0.2) is 30.7 Å². The molecule has 1 heterocycles. The molecule has 2 aromatic rings. The van der Waals surface area contributed by atoms with E-state index < -0.39 is 11.7 Å². The SMILES string of the molecule is Cc1c(N)cc(C(=O)NCc2ccncn2)cc1F. The molecule has 0 aliphatic carbocycles. The van der Waals surface area contributed by atoms with Gasteiger partial charge in [-0.05, 0) is 25.1 Å². The van der Waals surface area contributed by atoms with Crippen molar-refractivity contribution >= 4 is 11.6 Å². The van der Waals surface area contributed by atoms with E-state index in [1.165, 1.54) is 18.5 Å². The average Bonchev–Trinajstić information content (AvgIpc) is 2.42. The van der Waals surface area contributed by atoms with Crippen molar-refractivity contribution in [1.29, 1.82) is 0 Å². The van der Waals surface area contributed by atoms with E-state index in [1.54, 1.807) is 19.2 Å². The minimum Gasteiger partial charge on any atom is -0.398 e. The number of nitrogens with one attached hydrogen (secondary N) is 1. The predicted molar refractivity (Wildman–Crippen MR) is 68.8 cm³/mol. The molecule has 0 unspecified atom stereocenters. The van der Waals surface area contributed by atoms with Crippen LogP contribution in [0.5, 0.6) is 0 Å². The molecule has 0 spiro atoms. The molecular weight excluding hydrogens is 247 g/mol. The van der Waals surface area contributed by atoms with Gasteiger partial charge in [0.25, 0.3) is 5.91 Å². The van der Waals surface area contributed by atoms with Gasteiger partial charge >= 0.3 is 0 Å². The fraction of sp³-hybridized carbons (Fsp3) is 0.154. The number of hydrogen-bond acceptors (Lipinski definition) is 4. The van der Waals surface area contributed by atoms with Gasteiger partial charge < -0.3 is 11.1 Å². The largest absolute Gasteiger partial charge is 0.398 e. The zero-order valence-electron chi connectivity index (χ0n) is 10.4. The highest BCUT2D eigenvalue weighted by atomic mass is 19.1. The molecule has 98 valence electrons. The molecule has 2 rings (SSSR count). The molecule has 1 aromatic carbocycles. The van der Waals surface area contributed by atoms with Crippen molar-refractivity contribution in [3.8, 4) is 0 Å². The third-order valence-corrected chi connectivity index (χ3v) is 2.72. The van der Waals surface area contributed by atoms with Crippen LogP contribution in [0.25, 0.3) is 0 Å². The Kier molecular flexibility index (Phi) is 3.70. The summed E-state index contributed by atoms with van der Waals surface area (Å²) in [6.07, 6.45) is 2.98. The van der Waals surface area contributed by atoms with Crippen molar-refractivity contribution in [1.82, 2.24) is 15.3 Å². The number of rotatable bonds is 3. The lowest BCUT2D eigenvalue weighted by Gasteiger charge is -2.07. The van der Waals surface area contributed by atoms with Gasteiger partial charge in [0.15, 0.2) is 0 Å². The fourth-order valence-electron chi connectivity index (χ4n) is 1.53. The predicted octanol–water partition coefficient (Wildman–Crippen LogP) is 1.44. The highest BCUT2D eigenvalue weighted by Gasteiger charge is 2.11. The van der Waals surface area contributed by atoms with Crippen LogP contribution < -0.4 is 11.1 Å². The number of carbonyl (C=O) groups is 1. The van der Waals surface area contributed by atoms with Gasteiger partial charge in [0, 0.05) is 23.0 Å². The summed E-state index contributed by atoms with van der Waals surface area (Å²) < 4.78 is 13.5. The molecule has 0 atom stereocenters. The highest BCUT2D eigenvalue weighted by Crippen LogP contribution is 2.17. The van der Waals surface area contributed by atoms with Crippen molar-refractivity contribution in [2.75, 3.05) is 5.73 Å². The monoisotopic (exact) mass is 260 g/mol. The molecule has 1 amide bonds. The summed E-state index contributed by atoms with van der Waals surface area (Å²) in [5, 5.41) is 2.64. The van der Waals surface area contributed by atoms with Crippen LogP contribution in [-0.2, 0) is 6.54 Å². The summed E-state index contributed by atoms with van der Waals surface area (Å²) in [6, 6.07) is 4.30. The summed E-state index contributed by atoms with van der Waals surface area (Å²) >= 11 is 0. The molecule has 0 saturated heterocycles. The lowest BCUT2D eigenvalue weighted by atomic mass is 10.1. The van der Waals surface area contributed by atoms with Gasteiger partial charge in [0.2, 0.25) is 0 Å². The number of carbonyl (C=O) groups excluding carboxylic acids is 1. The minimum absolute atomic E-state index is 0.189. The lowest BCUT2D eigenvalue weighted by molar-refractivity contribution is 0.0950. The maximum atomic E-state index is 13.5. The molecule has 0 bridgehead atoms. The summed E-state index contributed by atoms with van der Waals surface area (Å²) in [6.45, 7) is 1.81. The Labute approximate surface area is 109 Å². The topological polar surface area (TPSA) is 80.9 Å². The van der Waals surface area contributed by atoms with Crippen molar-refractivity contribution < 1.29 is 9.18 Å². The second kappa shape index (κ2) is 5.43. The smallest absolute Gasteiger partial charge is 0.251 e. The number of amides is 1. The van der Waals surface area contributed by atoms with E-state index >= 15 is 0 Å². The van der Waals surface area contributed by atoms with E-state index in [2.05, 4.69) is 15.3 Å². The van der Waals surface area contributed by atoms with Gasteiger partial charge in [-0.25, -0.2) is 14.4 Å². The zero-order valence-corrected chi connectivity index (χ0v) is 10.4. The van der Waals surface area contributed by atoms with Crippen LogP contribution in [0.4, 0.5) is 10.1 Å². The number of anilines is 1. The molecule has 0 aliphatic heterocycles. The third-order valence-electron chi connectivity index (χ3n) is 2.72. The normalized spacial score (nSPS) is 10.2. The number of nitrogen functional groups attached to an aromatic ring is 1. The Morgan fingerprint density at radius 2 is 2.26 bits per heavy atom. The summed E-state index contributed by atoms with van der Waals surface area (Å²) in [5.74, 6) is -0.892. The average molecular weight is 260 g/mol. The third kappa shape index (κ3) is 3.04. The van der Waals surface area contributed by atoms with Crippen molar-refractivity contribution in [2.24, 2.45) is 0 Å². The van der Waals surface area contributed by atoms with Crippen LogP contribution in [0.3, 0.4) is 0 Å². The van der Waals surface area contributed by atoms with E-state index in [0.717, 1.165) is 0 Å². The van der Waals surface area contributed by atoms with E-state index in [4.69, 9.17) is 5.73 Å². The maximum absolute atomic E-state index is 13.5. The second-order valence-electron chi connectivity index (χ2n) is 4.06. The number of halogens is 1. The number of benzene rings is 1. The van der Waals surface area contributed by atoms with Crippen molar-refractivity contribution in [3.05, 3.63) is 53.4 Å². The Morgan fingerprint density at radius 1 is 1.47 bits per heavy atom. The Balaban J connectivity index is 2.08. The molecule has 1 aromatic heterocycles. The van der Waals surface area contributed by atoms with E-state index in [1.807, 2.05) is 0 Å². The van der Waals surface area contributed by atoms with Crippen molar-refractivity contribution in [2.45, 2.75) is 13.5 Å². The first-order chi connectivity index (χ1) is 9.08. The molecular formula is C13H13FN4O. The zero-order chi connectivity index (χ0) is 13.8. The molecule has 3 N–H and O–H groups in total. The standard InChI is InChI=1S/C13H13FN4O/c1-8-11(14)4-9(5-12(8)15)13(19)17-6-10-2-3-16-7-18-10/h2-5,7H,6,15H2,1H3,(H,17,19). The summed E-state index contributed by atoms with van der Waals surface area (Å²) in [5.41, 5.74) is 7.08. The Hall–Kier alpha value is -2.50. The van der Waals surface area contributed by atoms with Crippen LogP contribution >= 0.6 is 0 Å². The van der Waals surface area contributed by atoms with Gasteiger partial charge in [-0.2, -0.15) is 0 Å². The summed E-state index contributed by atoms with van der Waals surface area (Å²) in [7, 11) is 0. The van der Waals surface area contributed by atoms with E-state index in [0.29, 0.717) is 11.3 Å². The number of nitrogens with two attached hydrogens (primary N) is 1. The van der Waals surface area contributed by atoms with Gasteiger partial charge in [0.05, 0.1) is 12.2 Å². The van der Waals surface area contributed by atoms with Gasteiger partial charge in [-0.3, -0.25) is 4.79 Å². The van der Waals surface area contributed by atoms with Crippen LogP contribution in [-0.4, -0.2) is 15.9 Å². The molecule has 5 nitrogen and oxygen atoms in total. The Morgan fingerprint density at radius 3 is 2.89 bits per heavy atom. The first-order valence-electron chi connectivity index (χ1n) is 5.66. The first kappa shape index (κ1) is 12.9.